The Kier molecular flexibility index (Phi) is 8.42. The summed E-state index contributed by atoms with van der Waals surface area (Å²) in [6.07, 6.45) is 1.04. The Bertz CT molecular complexity index is 1050. The predicted octanol–water partition coefficient (Wildman–Crippen LogP) is 4.00. The zero-order chi connectivity index (χ0) is 24.1. The van der Waals surface area contributed by atoms with Crippen LogP contribution in [0.5, 0.6) is 11.5 Å². The standard InChI is InChI=1S/C23H31ClN2O5S/c1-16(26(32(6,28)29)17-11-12-21(30-5)19(24)15-17)22(27)25-13-14-31-20-10-8-7-9-18(20)23(2,3)4/h7-12,15-16H,13-14H2,1-6H3,(H,25,27)/t16-/m1/s1. The summed E-state index contributed by atoms with van der Waals surface area (Å²) in [5, 5.41) is 2.99. The first-order chi connectivity index (χ1) is 14.9. The van der Waals surface area contributed by atoms with Crippen molar-refractivity contribution in [3.05, 3.63) is 53.1 Å². The molecule has 2 rings (SSSR count). The van der Waals surface area contributed by atoms with Gasteiger partial charge in [-0.2, -0.15) is 0 Å². The van der Waals surface area contributed by atoms with Crippen molar-refractivity contribution in [2.24, 2.45) is 0 Å². The molecular weight excluding hydrogens is 452 g/mol. The summed E-state index contributed by atoms with van der Waals surface area (Å²) in [4.78, 5) is 12.7. The molecule has 1 atom stereocenters. The van der Waals surface area contributed by atoms with Crippen LogP contribution in [-0.4, -0.2) is 46.9 Å². The molecule has 32 heavy (non-hydrogen) atoms. The fourth-order valence-electron chi connectivity index (χ4n) is 3.30. The number of nitrogens with zero attached hydrogens (tertiary/aromatic N) is 1. The molecule has 1 N–H and O–H groups in total. The molecular formula is C23H31ClN2O5S. The average Bonchev–Trinajstić information content (AvgIpc) is 2.69. The van der Waals surface area contributed by atoms with E-state index in [1.54, 1.807) is 12.1 Å². The van der Waals surface area contributed by atoms with Gasteiger partial charge in [0.25, 0.3) is 0 Å². The van der Waals surface area contributed by atoms with E-state index >= 15 is 0 Å². The Morgan fingerprint density at radius 2 is 1.81 bits per heavy atom. The van der Waals surface area contributed by atoms with Crippen LogP contribution >= 0.6 is 11.6 Å². The monoisotopic (exact) mass is 482 g/mol. The van der Waals surface area contributed by atoms with Crippen molar-refractivity contribution >= 4 is 33.2 Å². The fourth-order valence-corrected chi connectivity index (χ4v) is 4.71. The first-order valence-electron chi connectivity index (χ1n) is 10.2. The summed E-state index contributed by atoms with van der Waals surface area (Å²) in [6, 6.07) is 11.3. The molecule has 0 radical (unpaired) electrons. The van der Waals surface area contributed by atoms with Gasteiger partial charge in [0.1, 0.15) is 24.1 Å². The second-order valence-corrected chi connectivity index (χ2v) is 10.7. The maximum Gasteiger partial charge on any atom is 0.243 e. The van der Waals surface area contributed by atoms with Crippen molar-refractivity contribution in [1.29, 1.82) is 0 Å². The van der Waals surface area contributed by atoms with Gasteiger partial charge < -0.3 is 14.8 Å². The molecule has 176 valence electrons. The van der Waals surface area contributed by atoms with Gasteiger partial charge in [0.2, 0.25) is 15.9 Å². The number of hydrogen-bond donors (Lipinski definition) is 1. The maximum atomic E-state index is 12.7. The topological polar surface area (TPSA) is 84.9 Å². The summed E-state index contributed by atoms with van der Waals surface area (Å²) in [5.41, 5.74) is 1.26. The molecule has 9 heteroatoms. The average molecular weight is 483 g/mol. The third-order valence-corrected chi connectivity index (χ3v) is 6.37. The number of benzene rings is 2. The fraction of sp³-hybridized carbons (Fsp3) is 0.435. The van der Waals surface area contributed by atoms with Crippen LogP contribution in [0.4, 0.5) is 5.69 Å². The number of sulfonamides is 1. The van der Waals surface area contributed by atoms with Crippen LogP contribution in [-0.2, 0) is 20.2 Å². The number of anilines is 1. The number of carbonyl (C=O) groups excluding carboxylic acids is 1. The highest BCUT2D eigenvalue weighted by Gasteiger charge is 2.29. The molecule has 0 aliphatic carbocycles. The molecule has 2 aromatic rings. The van der Waals surface area contributed by atoms with E-state index in [2.05, 4.69) is 26.1 Å². The van der Waals surface area contributed by atoms with Crippen molar-refractivity contribution in [2.75, 3.05) is 30.8 Å². The molecule has 0 fully saturated rings. The van der Waals surface area contributed by atoms with Gasteiger partial charge in [-0.05, 0) is 42.2 Å². The number of carbonyl (C=O) groups is 1. The van der Waals surface area contributed by atoms with Crippen LogP contribution < -0.4 is 19.1 Å². The molecule has 1 amide bonds. The number of amides is 1. The van der Waals surface area contributed by atoms with Gasteiger partial charge in [-0.3, -0.25) is 9.10 Å². The molecule has 0 aliphatic heterocycles. The van der Waals surface area contributed by atoms with Crippen LogP contribution in [0.25, 0.3) is 0 Å². The number of halogens is 1. The lowest BCUT2D eigenvalue weighted by Crippen LogP contribution is -2.48. The van der Waals surface area contributed by atoms with Gasteiger partial charge in [-0.25, -0.2) is 8.42 Å². The van der Waals surface area contributed by atoms with Crippen LogP contribution in [0.2, 0.25) is 5.02 Å². The smallest absolute Gasteiger partial charge is 0.243 e. The Labute approximate surface area is 195 Å². The molecule has 0 bridgehead atoms. The summed E-state index contributed by atoms with van der Waals surface area (Å²) >= 11 is 6.15. The van der Waals surface area contributed by atoms with E-state index in [9.17, 15) is 13.2 Å². The molecule has 0 unspecified atom stereocenters. The summed E-state index contributed by atoms with van der Waals surface area (Å²) in [7, 11) is -2.29. The highest BCUT2D eigenvalue weighted by molar-refractivity contribution is 7.92. The molecule has 7 nitrogen and oxygen atoms in total. The van der Waals surface area contributed by atoms with Gasteiger partial charge in [0.05, 0.1) is 30.6 Å². The Balaban J connectivity index is 2.06. The first-order valence-corrected chi connectivity index (χ1v) is 12.4. The summed E-state index contributed by atoms with van der Waals surface area (Å²) < 4.78 is 36.9. The van der Waals surface area contributed by atoms with E-state index in [4.69, 9.17) is 21.1 Å². The maximum absolute atomic E-state index is 12.7. The predicted molar refractivity (Wildman–Crippen MR) is 128 cm³/mol. The molecule has 2 aromatic carbocycles. The number of nitrogens with one attached hydrogen (secondary N) is 1. The molecule has 0 aliphatic rings. The van der Waals surface area contributed by atoms with Crippen LogP contribution in [0.1, 0.15) is 33.3 Å². The molecule has 0 saturated heterocycles. The van der Waals surface area contributed by atoms with Gasteiger partial charge in [-0.1, -0.05) is 50.6 Å². The van der Waals surface area contributed by atoms with Gasteiger partial charge in [0, 0.05) is 0 Å². The zero-order valence-electron chi connectivity index (χ0n) is 19.3. The van der Waals surface area contributed by atoms with Crippen molar-refractivity contribution in [1.82, 2.24) is 5.32 Å². The van der Waals surface area contributed by atoms with Crippen molar-refractivity contribution in [3.8, 4) is 11.5 Å². The van der Waals surface area contributed by atoms with E-state index < -0.39 is 22.0 Å². The number of hydrogen-bond acceptors (Lipinski definition) is 5. The lowest BCUT2D eigenvalue weighted by atomic mass is 9.86. The lowest BCUT2D eigenvalue weighted by Gasteiger charge is -2.28. The van der Waals surface area contributed by atoms with Gasteiger partial charge in [0.15, 0.2) is 0 Å². The second kappa shape index (κ2) is 10.4. The number of ether oxygens (including phenoxy) is 2. The SMILES string of the molecule is COc1ccc(N([C@H](C)C(=O)NCCOc2ccccc2C(C)(C)C)S(C)(=O)=O)cc1Cl. The largest absolute Gasteiger partial charge is 0.495 e. The number of methoxy groups -OCH3 is 1. The number of para-hydroxylation sites is 1. The van der Waals surface area contributed by atoms with Crippen molar-refractivity contribution in [3.63, 3.8) is 0 Å². The highest BCUT2D eigenvalue weighted by atomic mass is 35.5. The van der Waals surface area contributed by atoms with Crippen molar-refractivity contribution < 1.29 is 22.7 Å². The normalized spacial score (nSPS) is 12.7. The Morgan fingerprint density at radius 1 is 1.16 bits per heavy atom. The van der Waals surface area contributed by atoms with E-state index in [0.29, 0.717) is 5.75 Å². The van der Waals surface area contributed by atoms with Crippen LogP contribution in [0.15, 0.2) is 42.5 Å². The summed E-state index contributed by atoms with van der Waals surface area (Å²) in [5.74, 6) is 0.719. The van der Waals surface area contributed by atoms with Crippen LogP contribution in [0.3, 0.4) is 0 Å². The first kappa shape index (κ1) is 25.8. The minimum atomic E-state index is -3.75. The van der Waals surface area contributed by atoms with Crippen LogP contribution in [0, 0.1) is 0 Å². The second-order valence-electron chi connectivity index (χ2n) is 8.44. The van der Waals surface area contributed by atoms with Gasteiger partial charge >= 0.3 is 0 Å². The van der Waals surface area contributed by atoms with E-state index in [1.165, 1.54) is 20.1 Å². The third kappa shape index (κ3) is 6.53. The Hall–Kier alpha value is -2.45. The Morgan fingerprint density at radius 3 is 2.38 bits per heavy atom. The molecule has 0 aromatic heterocycles. The van der Waals surface area contributed by atoms with Crippen molar-refractivity contribution in [2.45, 2.75) is 39.2 Å². The van der Waals surface area contributed by atoms with Gasteiger partial charge in [-0.15, -0.1) is 0 Å². The third-order valence-electron chi connectivity index (χ3n) is 4.83. The van der Waals surface area contributed by atoms with E-state index in [-0.39, 0.29) is 29.3 Å². The quantitative estimate of drug-likeness (QED) is 0.546. The van der Waals surface area contributed by atoms with E-state index in [0.717, 1.165) is 21.9 Å². The zero-order valence-corrected chi connectivity index (χ0v) is 20.9. The minimum absolute atomic E-state index is 0.0794. The molecule has 0 heterocycles. The van der Waals surface area contributed by atoms with E-state index in [1.807, 2.05) is 24.3 Å². The minimum Gasteiger partial charge on any atom is -0.495 e. The summed E-state index contributed by atoms with van der Waals surface area (Å²) in [6.45, 7) is 8.29. The molecule has 0 spiro atoms. The highest BCUT2D eigenvalue weighted by Crippen LogP contribution is 2.32. The number of rotatable bonds is 9. The lowest BCUT2D eigenvalue weighted by molar-refractivity contribution is -0.121. The molecule has 0 saturated carbocycles.